The van der Waals surface area contributed by atoms with E-state index >= 15 is 0 Å². The monoisotopic (exact) mass is 499 g/mol. The molecule has 0 spiro atoms. The molecule has 30 heavy (non-hydrogen) atoms. The van der Waals surface area contributed by atoms with Crippen LogP contribution < -0.4 is 0 Å². The number of benzene rings is 2. The summed E-state index contributed by atoms with van der Waals surface area (Å²) in [4.78, 5) is 26.1. The lowest BCUT2D eigenvalue weighted by Gasteiger charge is -2.10. The molecule has 0 N–H and O–H groups in total. The molecule has 0 amide bonds. The van der Waals surface area contributed by atoms with Crippen LogP contribution in [-0.4, -0.2) is 27.2 Å². The molecule has 4 rings (SSSR count). The average Bonchev–Trinajstić information content (AvgIpc) is 2.76. The standard InChI is InChI=1S/C22H15BrClN3O2S/c1-30-22-25-15(10-20(24)27-22)12-29-21(28)17-11-19(13-6-8-14(23)9-7-13)26-18-5-3-2-4-16(17)18/h2-11H,12H2,1H3. The lowest BCUT2D eigenvalue weighted by atomic mass is 10.0. The Balaban J connectivity index is 1.67. The summed E-state index contributed by atoms with van der Waals surface area (Å²) in [6.07, 6.45) is 1.86. The molecule has 0 atom stereocenters. The van der Waals surface area contributed by atoms with Gasteiger partial charge in [-0.3, -0.25) is 0 Å². The first-order valence-electron chi connectivity index (χ1n) is 8.94. The Morgan fingerprint density at radius 1 is 1.07 bits per heavy atom. The van der Waals surface area contributed by atoms with Crippen molar-refractivity contribution in [1.29, 1.82) is 0 Å². The molecule has 0 unspecified atom stereocenters. The quantitative estimate of drug-likeness (QED) is 0.141. The highest BCUT2D eigenvalue weighted by Crippen LogP contribution is 2.27. The molecule has 0 bridgehead atoms. The number of hydrogen-bond acceptors (Lipinski definition) is 6. The van der Waals surface area contributed by atoms with Crippen molar-refractivity contribution in [3.05, 3.63) is 81.5 Å². The highest BCUT2D eigenvalue weighted by molar-refractivity contribution is 9.10. The summed E-state index contributed by atoms with van der Waals surface area (Å²) in [5.74, 6) is -0.451. The second-order valence-corrected chi connectivity index (χ2v) is 8.40. The van der Waals surface area contributed by atoms with Crippen molar-refractivity contribution in [3.8, 4) is 11.3 Å². The van der Waals surface area contributed by atoms with Gasteiger partial charge in [-0.25, -0.2) is 19.7 Å². The Morgan fingerprint density at radius 3 is 2.60 bits per heavy atom. The number of ether oxygens (including phenoxy) is 1. The van der Waals surface area contributed by atoms with E-state index in [9.17, 15) is 4.79 Å². The number of carbonyl (C=O) groups is 1. The van der Waals surface area contributed by atoms with E-state index in [4.69, 9.17) is 21.3 Å². The molecule has 5 nitrogen and oxygen atoms in total. The SMILES string of the molecule is CSc1nc(Cl)cc(COC(=O)c2cc(-c3ccc(Br)cc3)nc3ccccc23)n1. The number of esters is 1. The van der Waals surface area contributed by atoms with Crippen LogP contribution in [-0.2, 0) is 11.3 Å². The van der Waals surface area contributed by atoms with E-state index in [1.165, 1.54) is 11.8 Å². The third-order valence-electron chi connectivity index (χ3n) is 4.34. The Labute approximate surface area is 191 Å². The molecule has 8 heteroatoms. The van der Waals surface area contributed by atoms with Crippen molar-refractivity contribution in [2.75, 3.05) is 6.26 Å². The maximum absolute atomic E-state index is 13.0. The molecule has 0 fully saturated rings. The van der Waals surface area contributed by atoms with Crippen molar-refractivity contribution < 1.29 is 9.53 Å². The van der Waals surface area contributed by atoms with Crippen LogP contribution in [0.25, 0.3) is 22.2 Å². The summed E-state index contributed by atoms with van der Waals surface area (Å²) in [6, 6.07) is 18.6. The number of carbonyl (C=O) groups excluding carboxylic acids is 1. The van der Waals surface area contributed by atoms with Gasteiger partial charge in [0.25, 0.3) is 0 Å². The lowest BCUT2D eigenvalue weighted by Crippen LogP contribution is -2.08. The number of fused-ring (bicyclic) bond motifs is 1. The maximum Gasteiger partial charge on any atom is 0.339 e. The van der Waals surface area contributed by atoms with Crippen LogP contribution in [0.1, 0.15) is 16.1 Å². The van der Waals surface area contributed by atoms with E-state index in [-0.39, 0.29) is 6.61 Å². The molecule has 0 radical (unpaired) electrons. The summed E-state index contributed by atoms with van der Waals surface area (Å²) >= 11 is 10.8. The molecule has 150 valence electrons. The zero-order valence-electron chi connectivity index (χ0n) is 15.8. The molecule has 0 aliphatic heterocycles. The van der Waals surface area contributed by atoms with Crippen molar-refractivity contribution in [2.45, 2.75) is 11.8 Å². The Kier molecular flexibility index (Phi) is 6.32. The van der Waals surface area contributed by atoms with Crippen molar-refractivity contribution in [1.82, 2.24) is 15.0 Å². The van der Waals surface area contributed by atoms with E-state index in [0.29, 0.717) is 27.3 Å². The van der Waals surface area contributed by atoms with E-state index in [2.05, 4.69) is 25.9 Å². The summed E-state index contributed by atoms with van der Waals surface area (Å²) in [7, 11) is 0. The smallest absolute Gasteiger partial charge is 0.339 e. The Morgan fingerprint density at radius 2 is 1.83 bits per heavy atom. The van der Waals surface area contributed by atoms with Gasteiger partial charge in [0, 0.05) is 21.5 Å². The summed E-state index contributed by atoms with van der Waals surface area (Å²) in [5.41, 5.74) is 3.32. The van der Waals surface area contributed by atoms with Gasteiger partial charge in [-0.1, -0.05) is 69.6 Å². The van der Waals surface area contributed by atoms with Crippen molar-refractivity contribution in [3.63, 3.8) is 0 Å². The molecule has 2 heterocycles. The lowest BCUT2D eigenvalue weighted by molar-refractivity contribution is 0.0469. The van der Waals surface area contributed by atoms with Gasteiger partial charge in [-0.2, -0.15) is 0 Å². The van der Waals surface area contributed by atoms with Crippen LogP contribution in [0, 0.1) is 0 Å². The fourth-order valence-corrected chi connectivity index (χ4v) is 3.86. The van der Waals surface area contributed by atoms with Crippen LogP contribution >= 0.6 is 39.3 Å². The zero-order chi connectivity index (χ0) is 21.1. The first kappa shape index (κ1) is 20.8. The number of rotatable bonds is 5. The first-order valence-corrected chi connectivity index (χ1v) is 11.3. The fourth-order valence-electron chi connectivity index (χ4n) is 2.94. The number of aromatic nitrogens is 3. The van der Waals surface area contributed by atoms with Gasteiger partial charge in [0.1, 0.15) is 11.8 Å². The average molecular weight is 501 g/mol. The first-order chi connectivity index (χ1) is 14.5. The second-order valence-electron chi connectivity index (χ2n) is 6.32. The third kappa shape index (κ3) is 4.64. The van der Waals surface area contributed by atoms with Crippen LogP contribution in [0.5, 0.6) is 0 Å². The van der Waals surface area contributed by atoms with Gasteiger partial charge in [-0.15, -0.1) is 0 Å². The van der Waals surface area contributed by atoms with Gasteiger partial charge in [-0.05, 0) is 30.5 Å². The zero-order valence-corrected chi connectivity index (χ0v) is 19.0. The molecule has 0 saturated heterocycles. The number of pyridine rings is 1. The summed E-state index contributed by atoms with van der Waals surface area (Å²) < 4.78 is 6.53. The van der Waals surface area contributed by atoms with E-state index in [1.807, 2.05) is 54.8 Å². The minimum Gasteiger partial charge on any atom is -0.456 e. The number of nitrogens with zero attached hydrogens (tertiary/aromatic N) is 3. The maximum atomic E-state index is 13.0. The Bertz CT molecular complexity index is 1230. The Hall–Kier alpha value is -2.48. The number of halogens is 2. The molecule has 0 aliphatic rings. The fraction of sp³-hybridized carbons (Fsp3) is 0.0909. The highest BCUT2D eigenvalue weighted by Gasteiger charge is 2.16. The van der Waals surface area contributed by atoms with Gasteiger partial charge in [0.2, 0.25) is 0 Å². The van der Waals surface area contributed by atoms with Crippen molar-refractivity contribution in [2.24, 2.45) is 0 Å². The largest absolute Gasteiger partial charge is 0.456 e. The van der Waals surface area contributed by atoms with Gasteiger partial charge < -0.3 is 4.74 Å². The van der Waals surface area contributed by atoms with Crippen LogP contribution in [0.2, 0.25) is 5.15 Å². The second kappa shape index (κ2) is 9.12. The van der Waals surface area contributed by atoms with E-state index in [0.717, 1.165) is 20.9 Å². The normalized spacial score (nSPS) is 10.9. The van der Waals surface area contributed by atoms with Crippen LogP contribution in [0.3, 0.4) is 0 Å². The number of hydrogen-bond donors (Lipinski definition) is 0. The van der Waals surface area contributed by atoms with Gasteiger partial charge in [0.05, 0.1) is 22.5 Å². The molecule has 2 aromatic heterocycles. The van der Waals surface area contributed by atoms with Crippen molar-refractivity contribution >= 4 is 56.2 Å². The summed E-state index contributed by atoms with van der Waals surface area (Å²) in [5, 5.41) is 1.57. The minimum atomic E-state index is -0.451. The highest BCUT2D eigenvalue weighted by atomic mass is 79.9. The molecular formula is C22H15BrClN3O2S. The van der Waals surface area contributed by atoms with Gasteiger partial charge >= 0.3 is 5.97 Å². The molecular weight excluding hydrogens is 486 g/mol. The predicted octanol–water partition coefficient (Wildman–Crippen LogP) is 6.19. The number of para-hydroxylation sites is 1. The number of thioether (sulfide) groups is 1. The van der Waals surface area contributed by atoms with Gasteiger partial charge in [0.15, 0.2) is 5.16 Å². The predicted molar refractivity (Wildman–Crippen MR) is 123 cm³/mol. The molecule has 0 saturated carbocycles. The third-order valence-corrected chi connectivity index (χ3v) is 5.61. The van der Waals surface area contributed by atoms with E-state index < -0.39 is 5.97 Å². The summed E-state index contributed by atoms with van der Waals surface area (Å²) in [6.45, 7) is -0.00109. The molecule has 0 aliphatic carbocycles. The minimum absolute atomic E-state index is 0.00109. The van der Waals surface area contributed by atoms with E-state index in [1.54, 1.807) is 12.1 Å². The van der Waals surface area contributed by atoms with Crippen LogP contribution in [0.4, 0.5) is 0 Å². The molecule has 4 aromatic rings. The molecule has 2 aromatic carbocycles. The topological polar surface area (TPSA) is 65.0 Å². The van der Waals surface area contributed by atoms with Crippen LogP contribution in [0.15, 0.2) is 70.3 Å².